The highest BCUT2D eigenvalue weighted by molar-refractivity contribution is 7.73. The van der Waals surface area contributed by atoms with E-state index in [0.29, 0.717) is 14.5 Å². The summed E-state index contributed by atoms with van der Waals surface area (Å²) in [6.45, 7) is -0.188. The minimum Gasteiger partial charge on any atom is -0.493 e. The van der Waals surface area contributed by atoms with Crippen molar-refractivity contribution in [1.29, 1.82) is 0 Å². The van der Waals surface area contributed by atoms with Gasteiger partial charge in [0.2, 0.25) is 11.8 Å². The number of rotatable bonds is 5. The van der Waals surface area contributed by atoms with Gasteiger partial charge in [0.15, 0.2) is 3.95 Å². The third-order valence-electron chi connectivity index (χ3n) is 4.40. The lowest BCUT2D eigenvalue weighted by molar-refractivity contribution is -0.384. The third kappa shape index (κ3) is 3.91. The third-order valence-corrected chi connectivity index (χ3v) is 5.79. The predicted molar refractivity (Wildman–Crippen MR) is 119 cm³/mol. The number of hydrogen-bond acceptors (Lipinski definition) is 7. The highest BCUT2D eigenvalue weighted by Crippen LogP contribution is 2.35. The maximum atomic E-state index is 12.4. The molecule has 0 spiro atoms. The summed E-state index contributed by atoms with van der Waals surface area (Å²) >= 11 is 6.50. The van der Waals surface area contributed by atoms with Gasteiger partial charge < -0.3 is 10.4 Å². The fraction of sp³-hybridized carbons (Fsp3) is 0.0500. The van der Waals surface area contributed by atoms with Crippen molar-refractivity contribution in [2.75, 3.05) is 5.32 Å². The number of allylic oxidation sites excluding steroid dienone is 1. The van der Waals surface area contributed by atoms with Crippen molar-refractivity contribution in [3.63, 3.8) is 0 Å². The zero-order valence-electron chi connectivity index (χ0n) is 15.3. The fourth-order valence-corrected chi connectivity index (χ4v) is 4.21. The normalized spacial score (nSPS) is 13.4. The Bertz CT molecular complexity index is 1270. The number of carbonyl (C=O) groups excluding carboxylic acids is 1. The molecule has 0 fully saturated rings. The van der Waals surface area contributed by atoms with Gasteiger partial charge in [-0.2, -0.15) is 0 Å². The number of hydrogen-bond donors (Lipinski definition) is 2. The van der Waals surface area contributed by atoms with E-state index in [1.165, 1.54) is 40.2 Å². The second-order valence-corrected chi connectivity index (χ2v) is 8.04. The molecule has 0 bridgehead atoms. The van der Waals surface area contributed by atoms with Crippen molar-refractivity contribution in [1.82, 2.24) is 4.57 Å². The molecule has 2 N–H and O–H groups in total. The molecule has 30 heavy (non-hydrogen) atoms. The van der Waals surface area contributed by atoms with E-state index >= 15 is 0 Å². The van der Waals surface area contributed by atoms with Gasteiger partial charge in [-0.15, -0.1) is 11.3 Å². The van der Waals surface area contributed by atoms with Gasteiger partial charge in [-0.1, -0.05) is 18.2 Å². The summed E-state index contributed by atoms with van der Waals surface area (Å²) in [6, 6.07) is 13.1. The van der Waals surface area contributed by atoms with E-state index in [0.717, 1.165) is 16.8 Å². The van der Waals surface area contributed by atoms with Crippen LogP contribution in [0, 0.1) is 14.1 Å². The number of benzene rings is 2. The van der Waals surface area contributed by atoms with Gasteiger partial charge >= 0.3 is 0 Å². The SMILES string of the molecule is O=C(Cn1c(O)c(/C=C2/C=Nc3ccccc32)sc1=S)Nc1ccc([N+](=O)[O-])cc1. The van der Waals surface area contributed by atoms with Crippen molar-refractivity contribution in [3.8, 4) is 5.88 Å². The number of anilines is 1. The molecule has 10 heteroatoms. The van der Waals surface area contributed by atoms with Crippen LogP contribution in [0.5, 0.6) is 5.88 Å². The molecule has 0 aliphatic carbocycles. The summed E-state index contributed by atoms with van der Waals surface area (Å²) in [4.78, 5) is 27.4. The Morgan fingerprint density at radius 3 is 2.73 bits per heavy atom. The average molecular weight is 438 g/mol. The van der Waals surface area contributed by atoms with Gasteiger partial charge in [0.05, 0.1) is 15.5 Å². The van der Waals surface area contributed by atoms with Gasteiger partial charge in [-0.05, 0) is 36.5 Å². The van der Waals surface area contributed by atoms with Crippen molar-refractivity contribution in [3.05, 3.63) is 73.0 Å². The maximum absolute atomic E-state index is 12.4. The van der Waals surface area contributed by atoms with Crippen LogP contribution < -0.4 is 5.32 Å². The van der Waals surface area contributed by atoms with Crippen LogP contribution in [-0.2, 0) is 11.3 Å². The first-order chi connectivity index (χ1) is 14.4. The number of nitrogens with zero attached hydrogens (tertiary/aromatic N) is 3. The number of aromatic nitrogens is 1. The van der Waals surface area contributed by atoms with Gasteiger partial charge in [0.25, 0.3) is 5.69 Å². The van der Waals surface area contributed by atoms with Crippen LogP contribution in [0.1, 0.15) is 10.4 Å². The Balaban J connectivity index is 1.52. The monoisotopic (exact) mass is 438 g/mol. The Morgan fingerprint density at radius 1 is 1.27 bits per heavy atom. The summed E-state index contributed by atoms with van der Waals surface area (Å²) in [5.41, 5.74) is 3.00. The first-order valence-electron chi connectivity index (χ1n) is 8.74. The van der Waals surface area contributed by atoms with Crippen molar-refractivity contribution in [2.24, 2.45) is 4.99 Å². The Labute approximate surface area is 179 Å². The van der Waals surface area contributed by atoms with E-state index in [9.17, 15) is 20.0 Å². The van der Waals surface area contributed by atoms with Crippen LogP contribution in [0.2, 0.25) is 0 Å². The molecular weight excluding hydrogens is 424 g/mol. The number of nitro groups is 1. The van der Waals surface area contributed by atoms with Crippen LogP contribution in [0.15, 0.2) is 53.5 Å². The molecule has 0 radical (unpaired) electrons. The van der Waals surface area contributed by atoms with Crippen LogP contribution >= 0.6 is 23.6 Å². The summed E-state index contributed by atoms with van der Waals surface area (Å²) < 4.78 is 1.69. The molecule has 1 aromatic heterocycles. The molecule has 8 nitrogen and oxygen atoms in total. The van der Waals surface area contributed by atoms with Gasteiger partial charge in [-0.3, -0.25) is 24.5 Å². The number of fused-ring (bicyclic) bond motifs is 1. The standard InChI is InChI=1S/C20H14N4O4S2/c25-18(22-13-5-7-14(8-6-13)24(27)28)11-23-19(26)17(30-20(23)29)9-12-10-21-16-4-2-1-3-15(12)16/h1-10,26H,11H2,(H,22,25)/b12-9-. The summed E-state index contributed by atoms with van der Waals surface area (Å²) in [5, 5.41) is 23.9. The number of aromatic hydroxyl groups is 1. The van der Waals surface area contributed by atoms with Crippen LogP contribution in [-0.4, -0.2) is 26.7 Å². The largest absolute Gasteiger partial charge is 0.493 e. The van der Waals surface area contributed by atoms with Crippen LogP contribution in [0.3, 0.4) is 0 Å². The van der Waals surface area contributed by atoms with Crippen LogP contribution in [0.25, 0.3) is 11.6 Å². The summed E-state index contributed by atoms with van der Waals surface area (Å²) in [7, 11) is 0. The molecule has 1 aliphatic heterocycles. The van der Waals surface area contributed by atoms with Crippen molar-refractivity contribution < 1.29 is 14.8 Å². The van der Waals surface area contributed by atoms with E-state index in [2.05, 4.69) is 10.3 Å². The Morgan fingerprint density at radius 2 is 2.00 bits per heavy atom. The lowest BCUT2D eigenvalue weighted by Gasteiger charge is -2.07. The number of thiazole rings is 1. The van der Waals surface area contributed by atoms with E-state index in [-0.39, 0.29) is 18.1 Å². The number of nitro benzene ring substituents is 1. The van der Waals surface area contributed by atoms with Crippen LogP contribution in [0.4, 0.5) is 17.1 Å². The van der Waals surface area contributed by atoms with Gasteiger partial charge in [0, 0.05) is 35.2 Å². The smallest absolute Gasteiger partial charge is 0.269 e. The molecule has 0 saturated carbocycles. The summed E-state index contributed by atoms with van der Waals surface area (Å²) in [6.07, 6.45) is 3.51. The highest BCUT2D eigenvalue weighted by atomic mass is 32.1. The first-order valence-corrected chi connectivity index (χ1v) is 9.97. The van der Waals surface area contributed by atoms with Gasteiger partial charge in [-0.25, -0.2) is 0 Å². The van der Waals surface area contributed by atoms with E-state index in [4.69, 9.17) is 12.2 Å². The zero-order valence-corrected chi connectivity index (χ0v) is 16.9. The van der Waals surface area contributed by atoms with E-state index in [1.54, 1.807) is 12.3 Å². The zero-order chi connectivity index (χ0) is 21.3. The van der Waals surface area contributed by atoms with E-state index < -0.39 is 10.8 Å². The van der Waals surface area contributed by atoms with E-state index in [1.807, 2.05) is 24.3 Å². The lowest BCUT2D eigenvalue weighted by Crippen LogP contribution is -2.18. The Kier molecular flexibility index (Phi) is 5.25. The molecule has 0 saturated heterocycles. The predicted octanol–water partition coefficient (Wildman–Crippen LogP) is 4.79. The minimum absolute atomic E-state index is 0.0691. The lowest BCUT2D eigenvalue weighted by atomic mass is 10.1. The minimum atomic E-state index is -0.516. The summed E-state index contributed by atoms with van der Waals surface area (Å²) in [5.74, 6) is -0.519. The van der Waals surface area contributed by atoms with Gasteiger partial charge in [0.1, 0.15) is 6.54 Å². The Hall–Kier alpha value is -3.63. The molecule has 150 valence electrons. The number of non-ortho nitro benzene ring substituents is 1. The molecule has 1 aliphatic rings. The second kappa shape index (κ2) is 8.01. The quantitative estimate of drug-likeness (QED) is 0.338. The first kappa shape index (κ1) is 19.7. The molecular formula is C20H14N4O4S2. The fourth-order valence-electron chi connectivity index (χ4n) is 2.95. The molecule has 4 rings (SSSR count). The highest BCUT2D eigenvalue weighted by Gasteiger charge is 2.17. The number of nitrogens with one attached hydrogen (secondary N) is 1. The average Bonchev–Trinajstić information content (AvgIpc) is 3.25. The number of para-hydroxylation sites is 1. The molecule has 1 amide bonds. The molecule has 0 atom stereocenters. The topological polar surface area (TPSA) is 110 Å². The number of aliphatic imine (C=N–C) groups is 1. The molecule has 0 unspecified atom stereocenters. The second-order valence-electron chi connectivity index (χ2n) is 6.37. The molecule has 3 aromatic rings. The molecule has 2 heterocycles. The molecule has 2 aromatic carbocycles. The van der Waals surface area contributed by atoms with Crippen molar-refractivity contribution in [2.45, 2.75) is 6.54 Å². The maximum Gasteiger partial charge on any atom is 0.269 e. The number of amides is 1. The van der Waals surface area contributed by atoms with Crippen molar-refractivity contribution >= 4 is 64.4 Å². The number of carbonyl (C=O) groups is 1.